The topological polar surface area (TPSA) is 55.8 Å². The molecule has 1 aliphatic carbocycles. The Balaban J connectivity index is 0.00000256. The molecule has 3 fully saturated rings. The second-order valence-corrected chi connectivity index (χ2v) is 8.91. The lowest BCUT2D eigenvalue weighted by Crippen LogP contribution is -2.45. The van der Waals surface area contributed by atoms with Crippen LogP contribution in [0.15, 0.2) is 23.3 Å². The molecule has 2 N–H and O–H groups in total. The van der Waals surface area contributed by atoms with Crippen LogP contribution in [0.3, 0.4) is 0 Å². The molecule has 0 bridgehead atoms. The van der Waals surface area contributed by atoms with Gasteiger partial charge in [0.2, 0.25) is 0 Å². The number of nitrogens with one attached hydrogen (secondary N) is 2. The molecule has 7 heteroatoms. The number of anilines is 1. The van der Waals surface area contributed by atoms with E-state index in [1.165, 1.54) is 69.9 Å². The molecular formula is C23H39IN6. The van der Waals surface area contributed by atoms with Gasteiger partial charge in [-0.3, -0.25) is 9.89 Å². The van der Waals surface area contributed by atoms with Crippen LogP contribution in [0.1, 0.15) is 63.4 Å². The molecule has 1 aromatic heterocycles. The Labute approximate surface area is 199 Å². The second-order valence-electron chi connectivity index (χ2n) is 8.91. The van der Waals surface area contributed by atoms with Crippen LogP contribution in [0, 0.1) is 0 Å². The van der Waals surface area contributed by atoms with Gasteiger partial charge in [-0.05, 0) is 49.8 Å². The van der Waals surface area contributed by atoms with Crippen molar-refractivity contribution in [2.45, 2.75) is 76.4 Å². The highest BCUT2D eigenvalue weighted by molar-refractivity contribution is 14.0. The van der Waals surface area contributed by atoms with Crippen LogP contribution in [0.25, 0.3) is 0 Å². The first-order valence-electron chi connectivity index (χ1n) is 11.7. The van der Waals surface area contributed by atoms with Crippen LogP contribution >= 0.6 is 24.0 Å². The van der Waals surface area contributed by atoms with Crippen LogP contribution in [-0.4, -0.2) is 61.2 Å². The molecule has 0 spiro atoms. The molecule has 1 unspecified atom stereocenters. The fourth-order valence-corrected chi connectivity index (χ4v) is 5.12. The van der Waals surface area contributed by atoms with E-state index in [9.17, 15) is 0 Å². The van der Waals surface area contributed by atoms with E-state index in [0.29, 0.717) is 6.04 Å². The van der Waals surface area contributed by atoms with E-state index in [1.807, 2.05) is 13.2 Å². The van der Waals surface area contributed by atoms with E-state index >= 15 is 0 Å². The number of aliphatic imine (C=N–C) groups is 1. The third-order valence-electron chi connectivity index (χ3n) is 6.83. The summed E-state index contributed by atoms with van der Waals surface area (Å²) in [5, 5.41) is 7.16. The number of halogens is 1. The lowest BCUT2D eigenvalue weighted by molar-refractivity contribution is 0.242. The minimum Gasteiger partial charge on any atom is -0.357 e. The van der Waals surface area contributed by atoms with Crippen molar-refractivity contribution in [3.8, 4) is 0 Å². The van der Waals surface area contributed by atoms with Gasteiger partial charge in [0, 0.05) is 58.1 Å². The summed E-state index contributed by atoms with van der Waals surface area (Å²) >= 11 is 0. The summed E-state index contributed by atoms with van der Waals surface area (Å²) in [5.74, 6) is 2.04. The molecule has 6 nitrogen and oxygen atoms in total. The lowest BCUT2D eigenvalue weighted by Gasteiger charge is -2.24. The third kappa shape index (κ3) is 6.45. The van der Waals surface area contributed by atoms with E-state index in [-0.39, 0.29) is 24.0 Å². The predicted octanol–water partition coefficient (Wildman–Crippen LogP) is 3.76. The van der Waals surface area contributed by atoms with Gasteiger partial charge < -0.3 is 15.5 Å². The smallest absolute Gasteiger partial charge is 0.191 e. The summed E-state index contributed by atoms with van der Waals surface area (Å²) in [6, 6.07) is 5.68. The highest BCUT2D eigenvalue weighted by atomic mass is 127. The summed E-state index contributed by atoms with van der Waals surface area (Å²) < 4.78 is 0. The molecule has 1 aromatic rings. The number of likely N-dealkylation sites (tertiary alicyclic amines) is 1. The number of hydrogen-bond acceptors (Lipinski definition) is 4. The minimum atomic E-state index is 0. The Bertz CT molecular complexity index is 667. The summed E-state index contributed by atoms with van der Waals surface area (Å²) in [6.07, 6.45) is 14.0. The number of hydrogen-bond donors (Lipinski definition) is 2. The summed E-state index contributed by atoms with van der Waals surface area (Å²) in [7, 11) is 1.87. The van der Waals surface area contributed by atoms with Crippen molar-refractivity contribution in [3.05, 3.63) is 23.9 Å². The van der Waals surface area contributed by atoms with Gasteiger partial charge >= 0.3 is 0 Å². The van der Waals surface area contributed by atoms with Crippen molar-refractivity contribution < 1.29 is 0 Å². The molecule has 2 aliphatic heterocycles. The molecular weight excluding hydrogens is 487 g/mol. The SMILES string of the molecule is CN=C(NCc1ccnc(N2CCCCCC2)c1)NC1CCN(C2CCCC2)C1.I. The van der Waals surface area contributed by atoms with Crippen molar-refractivity contribution in [2.24, 2.45) is 4.99 Å². The van der Waals surface area contributed by atoms with E-state index < -0.39 is 0 Å². The summed E-state index contributed by atoms with van der Waals surface area (Å²) in [6.45, 7) is 5.42. The maximum Gasteiger partial charge on any atom is 0.191 e. The molecule has 3 heterocycles. The van der Waals surface area contributed by atoms with Crippen LogP contribution in [-0.2, 0) is 6.54 Å². The quantitative estimate of drug-likeness (QED) is 0.348. The average Bonchev–Trinajstić information content (AvgIpc) is 3.37. The molecule has 0 aromatic carbocycles. The van der Waals surface area contributed by atoms with Crippen molar-refractivity contribution >= 4 is 35.8 Å². The Hall–Kier alpha value is -1.09. The first-order chi connectivity index (χ1) is 14.3. The third-order valence-corrected chi connectivity index (χ3v) is 6.83. The largest absolute Gasteiger partial charge is 0.357 e. The number of pyridine rings is 1. The predicted molar refractivity (Wildman–Crippen MR) is 136 cm³/mol. The maximum absolute atomic E-state index is 4.63. The van der Waals surface area contributed by atoms with Crippen LogP contribution in [0.5, 0.6) is 0 Å². The van der Waals surface area contributed by atoms with Crippen molar-refractivity contribution in [1.82, 2.24) is 20.5 Å². The fourth-order valence-electron chi connectivity index (χ4n) is 5.12. The molecule has 2 saturated heterocycles. The van der Waals surface area contributed by atoms with Crippen LogP contribution in [0.4, 0.5) is 5.82 Å². The van der Waals surface area contributed by atoms with Gasteiger partial charge in [0.15, 0.2) is 5.96 Å². The van der Waals surface area contributed by atoms with E-state index in [4.69, 9.17) is 0 Å². The zero-order valence-electron chi connectivity index (χ0n) is 18.5. The highest BCUT2D eigenvalue weighted by Gasteiger charge is 2.30. The van der Waals surface area contributed by atoms with Gasteiger partial charge in [0.25, 0.3) is 0 Å². The van der Waals surface area contributed by atoms with Crippen molar-refractivity contribution in [3.63, 3.8) is 0 Å². The normalized spacial score (nSPS) is 23.8. The van der Waals surface area contributed by atoms with Crippen molar-refractivity contribution in [1.29, 1.82) is 0 Å². The molecule has 1 atom stereocenters. The number of rotatable bonds is 5. The standard InChI is InChI=1S/C23H38N6.HI/c1-24-23(27-20-11-15-29(18-20)21-8-4-5-9-21)26-17-19-10-12-25-22(16-19)28-13-6-2-3-7-14-28;/h10,12,16,20-21H,2-9,11,13-15,17-18H2,1H3,(H2,24,26,27);1H. The minimum absolute atomic E-state index is 0. The van der Waals surface area contributed by atoms with Gasteiger partial charge in [-0.15, -0.1) is 24.0 Å². The fraction of sp³-hybridized carbons (Fsp3) is 0.739. The monoisotopic (exact) mass is 526 g/mol. The molecule has 1 saturated carbocycles. The van der Waals surface area contributed by atoms with Gasteiger partial charge in [0.05, 0.1) is 0 Å². The number of guanidine groups is 1. The molecule has 30 heavy (non-hydrogen) atoms. The van der Waals surface area contributed by atoms with E-state index in [0.717, 1.165) is 44.0 Å². The van der Waals surface area contributed by atoms with Crippen molar-refractivity contribution in [2.75, 3.05) is 38.1 Å². The Morgan fingerprint density at radius 1 is 1.07 bits per heavy atom. The molecule has 0 radical (unpaired) electrons. The second kappa shape index (κ2) is 12.1. The first-order valence-corrected chi connectivity index (χ1v) is 11.7. The molecule has 168 valence electrons. The molecule has 4 rings (SSSR count). The summed E-state index contributed by atoms with van der Waals surface area (Å²) in [5.41, 5.74) is 1.27. The number of nitrogens with zero attached hydrogens (tertiary/aromatic N) is 4. The Morgan fingerprint density at radius 3 is 2.57 bits per heavy atom. The lowest BCUT2D eigenvalue weighted by atomic mass is 10.2. The Kier molecular flexibility index (Phi) is 9.49. The Morgan fingerprint density at radius 2 is 1.83 bits per heavy atom. The number of aromatic nitrogens is 1. The average molecular weight is 527 g/mol. The van der Waals surface area contributed by atoms with Crippen LogP contribution < -0.4 is 15.5 Å². The van der Waals surface area contributed by atoms with Crippen LogP contribution in [0.2, 0.25) is 0 Å². The van der Waals surface area contributed by atoms with Gasteiger partial charge in [-0.1, -0.05) is 25.7 Å². The first kappa shape index (κ1) is 23.6. The van der Waals surface area contributed by atoms with Gasteiger partial charge in [-0.2, -0.15) is 0 Å². The zero-order valence-corrected chi connectivity index (χ0v) is 20.8. The summed E-state index contributed by atoms with van der Waals surface area (Å²) in [4.78, 5) is 14.2. The molecule has 0 amide bonds. The zero-order chi connectivity index (χ0) is 19.9. The van der Waals surface area contributed by atoms with Gasteiger partial charge in [-0.25, -0.2) is 4.98 Å². The van der Waals surface area contributed by atoms with E-state index in [1.54, 1.807) is 0 Å². The molecule has 3 aliphatic rings. The maximum atomic E-state index is 4.63. The highest BCUT2D eigenvalue weighted by Crippen LogP contribution is 2.26. The van der Waals surface area contributed by atoms with E-state index in [2.05, 4.69) is 42.5 Å². The van der Waals surface area contributed by atoms with Gasteiger partial charge in [0.1, 0.15) is 5.82 Å².